The molecular weight excluding hydrogens is 290 g/mol. The van der Waals surface area contributed by atoms with Crippen molar-refractivity contribution >= 4 is 23.2 Å². The van der Waals surface area contributed by atoms with E-state index in [1.165, 1.54) is 25.1 Å². The number of carbonyl (C=O) groups excluding carboxylic acids is 1. The van der Waals surface area contributed by atoms with Crippen molar-refractivity contribution in [3.8, 4) is 11.5 Å². The van der Waals surface area contributed by atoms with Gasteiger partial charge in [0.1, 0.15) is 11.5 Å². The minimum absolute atomic E-state index is 0.134. The molecule has 0 aliphatic heterocycles. The van der Waals surface area contributed by atoms with E-state index in [-0.39, 0.29) is 17.0 Å². The van der Waals surface area contributed by atoms with Gasteiger partial charge in [-0.3, -0.25) is 14.9 Å². The standard InChI is InChI=1S/C15H13NO4S/c1-10(17)14-9-11(16(18)19)3-8-15(14)20-12-4-6-13(21-2)7-5-12/h3-9H,1-2H3. The number of nitrogens with zero attached hydrogens (tertiary/aromatic N) is 1. The zero-order chi connectivity index (χ0) is 15.4. The molecule has 0 bridgehead atoms. The molecule has 0 aromatic heterocycles. The highest BCUT2D eigenvalue weighted by Gasteiger charge is 2.15. The van der Waals surface area contributed by atoms with Crippen molar-refractivity contribution in [3.63, 3.8) is 0 Å². The lowest BCUT2D eigenvalue weighted by molar-refractivity contribution is -0.384. The zero-order valence-electron chi connectivity index (χ0n) is 11.5. The second kappa shape index (κ2) is 6.41. The number of ether oxygens (including phenoxy) is 1. The highest BCUT2D eigenvalue weighted by atomic mass is 32.2. The van der Waals surface area contributed by atoms with E-state index in [1.54, 1.807) is 23.9 Å². The molecule has 6 heteroatoms. The largest absolute Gasteiger partial charge is 0.457 e. The molecule has 2 rings (SSSR count). The Hall–Kier alpha value is -2.34. The van der Waals surface area contributed by atoms with Gasteiger partial charge in [0, 0.05) is 17.0 Å². The van der Waals surface area contributed by atoms with Gasteiger partial charge in [-0.1, -0.05) is 0 Å². The van der Waals surface area contributed by atoms with Gasteiger partial charge >= 0.3 is 0 Å². The molecule has 0 heterocycles. The molecule has 108 valence electrons. The Morgan fingerprint density at radius 2 is 1.86 bits per heavy atom. The number of benzene rings is 2. The van der Waals surface area contributed by atoms with Crippen LogP contribution in [0.15, 0.2) is 47.4 Å². The number of hydrogen-bond donors (Lipinski definition) is 0. The van der Waals surface area contributed by atoms with E-state index in [0.29, 0.717) is 11.5 Å². The quantitative estimate of drug-likeness (QED) is 0.356. The lowest BCUT2D eigenvalue weighted by Crippen LogP contribution is -1.99. The smallest absolute Gasteiger partial charge is 0.270 e. The van der Waals surface area contributed by atoms with Crippen LogP contribution >= 0.6 is 11.8 Å². The summed E-state index contributed by atoms with van der Waals surface area (Å²) in [6, 6.07) is 11.4. The van der Waals surface area contributed by atoms with Gasteiger partial charge in [-0.2, -0.15) is 0 Å². The molecule has 21 heavy (non-hydrogen) atoms. The molecule has 0 aliphatic rings. The summed E-state index contributed by atoms with van der Waals surface area (Å²) in [6.45, 7) is 1.35. The summed E-state index contributed by atoms with van der Waals surface area (Å²) in [5.41, 5.74) is 0.0587. The third kappa shape index (κ3) is 3.61. The van der Waals surface area contributed by atoms with Gasteiger partial charge in [-0.05, 0) is 43.5 Å². The zero-order valence-corrected chi connectivity index (χ0v) is 12.3. The topological polar surface area (TPSA) is 69.4 Å². The van der Waals surface area contributed by atoms with Crippen LogP contribution in [0.2, 0.25) is 0 Å². The number of rotatable bonds is 5. The number of ketones is 1. The van der Waals surface area contributed by atoms with Crippen molar-refractivity contribution in [2.24, 2.45) is 0 Å². The molecule has 0 spiro atoms. The van der Waals surface area contributed by atoms with E-state index in [0.717, 1.165) is 4.90 Å². The van der Waals surface area contributed by atoms with Crippen LogP contribution in [0.3, 0.4) is 0 Å². The molecular formula is C15H13NO4S. The summed E-state index contributed by atoms with van der Waals surface area (Å²) in [5, 5.41) is 10.8. The van der Waals surface area contributed by atoms with Crippen LogP contribution in [0.25, 0.3) is 0 Å². The van der Waals surface area contributed by atoms with E-state index in [4.69, 9.17) is 4.74 Å². The lowest BCUT2D eigenvalue weighted by Gasteiger charge is -2.09. The molecule has 0 radical (unpaired) electrons. The predicted octanol–water partition coefficient (Wildman–Crippen LogP) is 4.31. The van der Waals surface area contributed by atoms with Crippen LogP contribution in [0.4, 0.5) is 5.69 Å². The molecule has 0 unspecified atom stereocenters. The number of carbonyl (C=O) groups is 1. The fraction of sp³-hybridized carbons (Fsp3) is 0.133. The summed E-state index contributed by atoms with van der Waals surface area (Å²) in [7, 11) is 0. The van der Waals surface area contributed by atoms with Crippen molar-refractivity contribution in [2.45, 2.75) is 11.8 Å². The summed E-state index contributed by atoms with van der Waals surface area (Å²) in [6.07, 6.45) is 1.97. The molecule has 0 saturated heterocycles. The van der Waals surface area contributed by atoms with E-state index >= 15 is 0 Å². The molecule has 5 nitrogen and oxygen atoms in total. The van der Waals surface area contributed by atoms with Crippen LogP contribution in [-0.2, 0) is 0 Å². The molecule has 0 atom stereocenters. The fourth-order valence-corrected chi connectivity index (χ4v) is 2.17. The Morgan fingerprint density at radius 1 is 1.19 bits per heavy atom. The van der Waals surface area contributed by atoms with Crippen LogP contribution < -0.4 is 4.74 Å². The number of hydrogen-bond acceptors (Lipinski definition) is 5. The van der Waals surface area contributed by atoms with Gasteiger partial charge in [0.15, 0.2) is 5.78 Å². The van der Waals surface area contributed by atoms with E-state index in [9.17, 15) is 14.9 Å². The normalized spacial score (nSPS) is 10.2. The Bertz CT molecular complexity index is 683. The molecule has 0 aliphatic carbocycles. The Morgan fingerprint density at radius 3 is 2.38 bits per heavy atom. The van der Waals surface area contributed by atoms with E-state index < -0.39 is 4.92 Å². The maximum absolute atomic E-state index is 11.6. The van der Waals surface area contributed by atoms with Gasteiger partial charge in [0.05, 0.1) is 10.5 Å². The van der Waals surface area contributed by atoms with Gasteiger partial charge in [0.25, 0.3) is 5.69 Å². The summed E-state index contributed by atoms with van der Waals surface area (Å²) in [4.78, 5) is 22.9. The first-order chi connectivity index (χ1) is 10.0. The van der Waals surface area contributed by atoms with Crippen LogP contribution in [-0.4, -0.2) is 17.0 Å². The van der Waals surface area contributed by atoms with E-state index in [2.05, 4.69) is 0 Å². The van der Waals surface area contributed by atoms with Gasteiger partial charge in [-0.25, -0.2) is 0 Å². The molecule has 0 amide bonds. The van der Waals surface area contributed by atoms with Crippen molar-refractivity contribution in [1.82, 2.24) is 0 Å². The summed E-state index contributed by atoms with van der Waals surface area (Å²) in [5.74, 6) is 0.601. The number of nitro benzene ring substituents is 1. The number of non-ortho nitro benzene ring substituents is 1. The highest BCUT2D eigenvalue weighted by Crippen LogP contribution is 2.30. The molecule has 0 saturated carbocycles. The maximum atomic E-state index is 11.6. The third-order valence-electron chi connectivity index (χ3n) is 2.84. The fourth-order valence-electron chi connectivity index (χ4n) is 1.77. The number of thioether (sulfide) groups is 1. The Balaban J connectivity index is 2.34. The number of nitro groups is 1. The van der Waals surface area contributed by atoms with Gasteiger partial charge < -0.3 is 4.74 Å². The minimum Gasteiger partial charge on any atom is -0.457 e. The van der Waals surface area contributed by atoms with Crippen molar-refractivity contribution in [3.05, 3.63) is 58.1 Å². The Kier molecular flexibility index (Phi) is 4.59. The van der Waals surface area contributed by atoms with Crippen LogP contribution in [0, 0.1) is 10.1 Å². The molecule has 0 N–H and O–H groups in total. The molecule has 2 aromatic rings. The maximum Gasteiger partial charge on any atom is 0.270 e. The summed E-state index contributed by atoms with van der Waals surface area (Å²) >= 11 is 1.61. The van der Waals surface area contributed by atoms with E-state index in [1.807, 2.05) is 18.4 Å². The summed E-state index contributed by atoms with van der Waals surface area (Å²) < 4.78 is 5.65. The minimum atomic E-state index is -0.538. The number of Topliss-reactive ketones (excluding diaryl/α,β-unsaturated/α-hetero) is 1. The Labute approximate surface area is 126 Å². The van der Waals surface area contributed by atoms with Crippen LogP contribution in [0.5, 0.6) is 11.5 Å². The van der Waals surface area contributed by atoms with Crippen molar-refractivity contribution in [2.75, 3.05) is 6.26 Å². The van der Waals surface area contributed by atoms with Crippen LogP contribution in [0.1, 0.15) is 17.3 Å². The van der Waals surface area contributed by atoms with Crippen molar-refractivity contribution < 1.29 is 14.5 Å². The van der Waals surface area contributed by atoms with Gasteiger partial charge in [-0.15, -0.1) is 11.8 Å². The predicted molar refractivity (Wildman–Crippen MR) is 81.4 cm³/mol. The second-order valence-electron chi connectivity index (χ2n) is 4.27. The monoisotopic (exact) mass is 303 g/mol. The van der Waals surface area contributed by atoms with Gasteiger partial charge in [0.2, 0.25) is 0 Å². The molecule has 2 aromatic carbocycles. The third-order valence-corrected chi connectivity index (χ3v) is 3.58. The first-order valence-corrected chi connectivity index (χ1v) is 7.35. The van der Waals surface area contributed by atoms with Crippen molar-refractivity contribution in [1.29, 1.82) is 0 Å². The average Bonchev–Trinajstić information content (AvgIpc) is 2.48. The lowest BCUT2D eigenvalue weighted by atomic mass is 10.1. The second-order valence-corrected chi connectivity index (χ2v) is 5.15. The highest BCUT2D eigenvalue weighted by molar-refractivity contribution is 7.98. The first kappa shape index (κ1) is 15.1. The SMILES string of the molecule is CSc1ccc(Oc2ccc([N+](=O)[O-])cc2C(C)=O)cc1. The first-order valence-electron chi connectivity index (χ1n) is 6.12. The molecule has 0 fully saturated rings. The average molecular weight is 303 g/mol.